The number of nitrogens with one attached hydrogen (secondary N) is 1. The number of aromatic nitrogens is 1. The minimum atomic E-state index is -1.01. The summed E-state index contributed by atoms with van der Waals surface area (Å²) in [5, 5.41) is 12.3. The zero-order valence-electron chi connectivity index (χ0n) is 11.6. The molecule has 2 aromatic rings. The monoisotopic (exact) mass is 283 g/mol. The van der Waals surface area contributed by atoms with Crippen molar-refractivity contribution in [1.29, 1.82) is 0 Å². The van der Waals surface area contributed by atoms with Crippen LogP contribution in [0.25, 0.3) is 11.3 Å². The number of aromatic carboxylic acids is 1. The predicted octanol–water partition coefficient (Wildman–Crippen LogP) is 1.86. The van der Waals surface area contributed by atoms with Crippen molar-refractivity contribution >= 4 is 11.7 Å². The molecule has 1 aromatic carbocycles. The predicted molar refractivity (Wildman–Crippen MR) is 81.7 cm³/mol. The minimum absolute atomic E-state index is 0.0682. The van der Waals surface area contributed by atoms with Gasteiger partial charge in [-0.3, -0.25) is 0 Å². The van der Waals surface area contributed by atoms with Crippen LogP contribution in [0, 0.1) is 0 Å². The molecule has 21 heavy (non-hydrogen) atoms. The van der Waals surface area contributed by atoms with Gasteiger partial charge >= 0.3 is 5.97 Å². The van der Waals surface area contributed by atoms with Crippen LogP contribution in [0.2, 0.25) is 0 Å². The summed E-state index contributed by atoms with van der Waals surface area (Å²) in [7, 11) is 0. The molecule has 5 heteroatoms. The van der Waals surface area contributed by atoms with E-state index in [-0.39, 0.29) is 5.69 Å². The second kappa shape index (κ2) is 5.93. The van der Waals surface area contributed by atoms with Gasteiger partial charge in [0.15, 0.2) is 0 Å². The normalized spacial score (nSPS) is 15.0. The Labute approximate surface area is 123 Å². The summed E-state index contributed by atoms with van der Waals surface area (Å²) >= 11 is 0. The lowest BCUT2D eigenvalue weighted by atomic mass is 10.1. The Morgan fingerprint density at radius 2 is 1.81 bits per heavy atom. The molecule has 2 heterocycles. The number of piperazine rings is 1. The lowest BCUT2D eigenvalue weighted by Crippen LogP contribution is -2.43. The fourth-order valence-electron chi connectivity index (χ4n) is 2.48. The van der Waals surface area contributed by atoms with Crippen LogP contribution in [0.15, 0.2) is 42.5 Å². The summed E-state index contributed by atoms with van der Waals surface area (Å²) in [5.74, 6) is -1.01. The molecule has 108 valence electrons. The minimum Gasteiger partial charge on any atom is -0.477 e. The second-order valence-corrected chi connectivity index (χ2v) is 5.00. The molecule has 5 nitrogen and oxygen atoms in total. The molecule has 1 fully saturated rings. The highest BCUT2D eigenvalue weighted by atomic mass is 16.4. The van der Waals surface area contributed by atoms with Crippen molar-refractivity contribution in [1.82, 2.24) is 10.3 Å². The number of pyridine rings is 1. The van der Waals surface area contributed by atoms with Crippen molar-refractivity contribution in [3.63, 3.8) is 0 Å². The van der Waals surface area contributed by atoms with Crippen LogP contribution in [-0.2, 0) is 0 Å². The van der Waals surface area contributed by atoms with Crippen molar-refractivity contribution in [3.8, 4) is 11.3 Å². The van der Waals surface area contributed by atoms with E-state index in [1.54, 1.807) is 6.07 Å². The number of carbonyl (C=O) groups is 1. The number of rotatable bonds is 3. The number of hydrogen-bond acceptors (Lipinski definition) is 4. The number of anilines is 1. The third-order valence-corrected chi connectivity index (χ3v) is 3.61. The highest BCUT2D eigenvalue weighted by Gasteiger charge is 2.11. The Balaban J connectivity index is 1.83. The number of carboxylic acid groups (broad SMARTS) is 1. The van der Waals surface area contributed by atoms with E-state index in [1.807, 2.05) is 18.2 Å². The Bertz CT molecular complexity index is 634. The molecule has 1 aliphatic rings. The van der Waals surface area contributed by atoms with Gasteiger partial charge in [-0.15, -0.1) is 0 Å². The van der Waals surface area contributed by atoms with Gasteiger partial charge in [0.1, 0.15) is 5.69 Å². The molecule has 1 saturated heterocycles. The number of hydrogen-bond donors (Lipinski definition) is 2. The van der Waals surface area contributed by atoms with E-state index >= 15 is 0 Å². The van der Waals surface area contributed by atoms with Crippen LogP contribution in [-0.4, -0.2) is 42.2 Å². The van der Waals surface area contributed by atoms with Crippen LogP contribution in [0.5, 0.6) is 0 Å². The SMILES string of the molecule is O=C(O)c1cccc(-c2ccc(N3CCNCC3)cc2)n1. The van der Waals surface area contributed by atoms with Gasteiger partial charge in [0.2, 0.25) is 0 Å². The summed E-state index contributed by atoms with van der Waals surface area (Å²) in [5.41, 5.74) is 2.87. The molecule has 1 aliphatic heterocycles. The number of benzene rings is 1. The molecular formula is C16H17N3O2. The van der Waals surface area contributed by atoms with Crippen molar-refractivity contribution < 1.29 is 9.90 Å². The quantitative estimate of drug-likeness (QED) is 0.900. The zero-order valence-corrected chi connectivity index (χ0v) is 11.6. The average Bonchev–Trinajstić information content (AvgIpc) is 2.56. The van der Waals surface area contributed by atoms with E-state index in [1.165, 1.54) is 11.8 Å². The van der Waals surface area contributed by atoms with Crippen LogP contribution < -0.4 is 10.2 Å². The van der Waals surface area contributed by atoms with Gasteiger partial charge in [-0.25, -0.2) is 9.78 Å². The van der Waals surface area contributed by atoms with E-state index in [4.69, 9.17) is 5.11 Å². The highest BCUT2D eigenvalue weighted by molar-refractivity contribution is 5.86. The molecule has 0 radical (unpaired) electrons. The molecule has 3 rings (SSSR count). The fraction of sp³-hybridized carbons (Fsp3) is 0.250. The summed E-state index contributed by atoms with van der Waals surface area (Å²) in [6.45, 7) is 4.02. The number of nitrogens with zero attached hydrogens (tertiary/aromatic N) is 2. The standard InChI is InChI=1S/C16H17N3O2/c20-16(21)15-3-1-2-14(18-15)12-4-6-13(7-5-12)19-10-8-17-9-11-19/h1-7,17H,8-11H2,(H,20,21). The summed E-state index contributed by atoms with van der Waals surface area (Å²) in [4.78, 5) is 17.5. The average molecular weight is 283 g/mol. The lowest BCUT2D eigenvalue weighted by molar-refractivity contribution is 0.0690. The first-order valence-electron chi connectivity index (χ1n) is 7.00. The van der Waals surface area contributed by atoms with Gasteiger partial charge in [0.25, 0.3) is 0 Å². The first kappa shape index (κ1) is 13.6. The Morgan fingerprint density at radius 1 is 1.10 bits per heavy atom. The van der Waals surface area contributed by atoms with E-state index in [9.17, 15) is 4.79 Å². The summed E-state index contributed by atoms with van der Waals surface area (Å²) in [6.07, 6.45) is 0. The van der Waals surface area contributed by atoms with Gasteiger partial charge in [0.05, 0.1) is 5.69 Å². The molecule has 0 unspecified atom stereocenters. The van der Waals surface area contributed by atoms with Crippen LogP contribution >= 0.6 is 0 Å². The summed E-state index contributed by atoms with van der Waals surface area (Å²) < 4.78 is 0. The highest BCUT2D eigenvalue weighted by Crippen LogP contribution is 2.22. The largest absolute Gasteiger partial charge is 0.477 e. The van der Waals surface area contributed by atoms with Gasteiger partial charge in [-0.1, -0.05) is 18.2 Å². The van der Waals surface area contributed by atoms with Crippen LogP contribution in [0.4, 0.5) is 5.69 Å². The van der Waals surface area contributed by atoms with Gasteiger partial charge < -0.3 is 15.3 Å². The Kier molecular flexibility index (Phi) is 3.83. The van der Waals surface area contributed by atoms with Crippen molar-refractivity contribution in [3.05, 3.63) is 48.2 Å². The maximum Gasteiger partial charge on any atom is 0.354 e. The topological polar surface area (TPSA) is 65.5 Å². The molecule has 0 spiro atoms. The maximum atomic E-state index is 11.0. The van der Waals surface area contributed by atoms with Gasteiger partial charge in [-0.2, -0.15) is 0 Å². The van der Waals surface area contributed by atoms with Crippen molar-refractivity contribution in [2.75, 3.05) is 31.1 Å². The van der Waals surface area contributed by atoms with Gasteiger partial charge in [-0.05, 0) is 24.3 Å². The molecular weight excluding hydrogens is 266 g/mol. The molecule has 0 aliphatic carbocycles. The van der Waals surface area contributed by atoms with E-state index in [0.717, 1.165) is 31.7 Å². The molecule has 2 N–H and O–H groups in total. The Hall–Kier alpha value is -2.40. The zero-order chi connectivity index (χ0) is 14.7. The van der Waals surface area contributed by atoms with E-state index in [2.05, 4.69) is 27.3 Å². The van der Waals surface area contributed by atoms with Gasteiger partial charge in [0, 0.05) is 37.4 Å². The molecule has 0 amide bonds. The first-order valence-corrected chi connectivity index (χ1v) is 7.00. The molecule has 0 saturated carbocycles. The lowest BCUT2D eigenvalue weighted by Gasteiger charge is -2.29. The molecule has 0 atom stereocenters. The second-order valence-electron chi connectivity index (χ2n) is 5.00. The van der Waals surface area contributed by atoms with Crippen molar-refractivity contribution in [2.45, 2.75) is 0 Å². The fourth-order valence-corrected chi connectivity index (χ4v) is 2.48. The summed E-state index contributed by atoms with van der Waals surface area (Å²) in [6, 6.07) is 13.2. The van der Waals surface area contributed by atoms with E-state index in [0.29, 0.717) is 5.69 Å². The van der Waals surface area contributed by atoms with E-state index < -0.39 is 5.97 Å². The smallest absolute Gasteiger partial charge is 0.354 e. The molecule has 0 bridgehead atoms. The van der Waals surface area contributed by atoms with Crippen molar-refractivity contribution in [2.24, 2.45) is 0 Å². The van der Waals surface area contributed by atoms with Crippen LogP contribution in [0.1, 0.15) is 10.5 Å². The third kappa shape index (κ3) is 3.03. The Morgan fingerprint density at radius 3 is 2.48 bits per heavy atom. The first-order chi connectivity index (χ1) is 10.2. The van der Waals surface area contributed by atoms with Crippen LogP contribution in [0.3, 0.4) is 0 Å². The maximum absolute atomic E-state index is 11.0. The third-order valence-electron chi connectivity index (χ3n) is 3.61. The molecule has 1 aromatic heterocycles. The number of carboxylic acids is 1.